The van der Waals surface area contributed by atoms with E-state index < -0.39 is 23.8 Å². The molecule has 5 heteroatoms. The number of halogens is 4. The molecular formula is C24H16ClF3O. The molecule has 146 valence electrons. The van der Waals surface area contributed by atoms with E-state index in [4.69, 9.17) is 11.6 Å². The lowest BCUT2D eigenvalue weighted by atomic mass is 9.75. The normalized spacial score (nSPS) is 13.1. The molecule has 3 rings (SSSR count). The zero-order valence-electron chi connectivity index (χ0n) is 15.2. The highest BCUT2D eigenvalue weighted by Gasteiger charge is 2.56. The van der Waals surface area contributed by atoms with Crippen molar-refractivity contribution in [2.45, 2.75) is 18.0 Å². The maximum absolute atomic E-state index is 14.4. The van der Waals surface area contributed by atoms with Crippen LogP contribution in [0, 0.1) is 11.8 Å². The summed E-state index contributed by atoms with van der Waals surface area (Å²) in [5.74, 6) is 4.35. The van der Waals surface area contributed by atoms with E-state index in [1.165, 1.54) is 48.5 Å². The molecule has 0 saturated heterocycles. The average Bonchev–Trinajstić information content (AvgIpc) is 2.72. The van der Waals surface area contributed by atoms with Crippen LogP contribution in [0.4, 0.5) is 13.2 Å². The predicted octanol–water partition coefficient (Wildman–Crippen LogP) is 6.46. The van der Waals surface area contributed by atoms with Crippen LogP contribution in [0.5, 0.6) is 0 Å². The number of carbonyl (C=O) groups excluding carboxylic acids is 1. The van der Waals surface area contributed by atoms with Crippen molar-refractivity contribution in [2.75, 3.05) is 0 Å². The number of benzene rings is 3. The Kier molecular flexibility index (Phi) is 6.10. The van der Waals surface area contributed by atoms with Crippen molar-refractivity contribution in [3.63, 3.8) is 0 Å². The van der Waals surface area contributed by atoms with Gasteiger partial charge in [-0.05, 0) is 42.0 Å². The number of alkyl halides is 3. The Morgan fingerprint density at radius 2 is 1.38 bits per heavy atom. The van der Waals surface area contributed by atoms with Crippen molar-refractivity contribution in [2.24, 2.45) is 0 Å². The molecule has 0 fully saturated rings. The Balaban J connectivity index is 2.13. The SMILES string of the molecule is O=C(CC(C#Cc1ccccc1)(c1ccccc1)C(F)(F)F)c1ccc(Cl)cc1. The molecule has 0 N–H and O–H groups in total. The molecule has 0 amide bonds. The summed E-state index contributed by atoms with van der Waals surface area (Å²) in [6.07, 6.45) is -5.60. The Morgan fingerprint density at radius 3 is 1.93 bits per heavy atom. The van der Waals surface area contributed by atoms with Gasteiger partial charge in [-0.1, -0.05) is 72.0 Å². The summed E-state index contributed by atoms with van der Waals surface area (Å²) in [7, 11) is 0. The number of hydrogen-bond acceptors (Lipinski definition) is 1. The van der Waals surface area contributed by atoms with Gasteiger partial charge in [0.25, 0.3) is 0 Å². The Hall–Kier alpha value is -3.03. The first kappa shape index (κ1) is 20.7. The second kappa shape index (κ2) is 8.55. The molecule has 0 aliphatic rings. The van der Waals surface area contributed by atoms with Crippen LogP contribution in [0.25, 0.3) is 0 Å². The van der Waals surface area contributed by atoms with Crippen LogP contribution in [0.2, 0.25) is 5.02 Å². The van der Waals surface area contributed by atoms with Crippen LogP contribution < -0.4 is 0 Å². The smallest absolute Gasteiger partial charge is 0.294 e. The predicted molar refractivity (Wildman–Crippen MR) is 108 cm³/mol. The quantitative estimate of drug-likeness (QED) is 0.355. The third-order valence-electron chi connectivity index (χ3n) is 4.54. The van der Waals surface area contributed by atoms with Gasteiger partial charge in [-0.25, -0.2) is 0 Å². The summed E-state index contributed by atoms with van der Waals surface area (Å²) >= 11 is 5.82. The zero-order chi connectivity index (χ0) is 20.9. The van der Waals surface area contributed by atoms with Gasteiger partial charge in [0.1, 0.15) is 0 Å². The van der Waals surface area contributed by atoms with Gasteiger partial charge in [0, 0.05) is 22.6 Å². The fourth-order valence-corrected chi connectivity index (χ4v) is 3.08. The lowest BCUT2D eigenvalue weighted by Gasteiger charge is -2.31. The summed E-state index contributed by atoms with van der Waals surface area (Å²) < 4.78 is 43.3. The van der Waals surface area contributed by atoms with Crippen molar-refractivity contribution in [1.29, 1.82) is 0 Å². The van der Waals surface area contributed by atoms with Crippen LogP contribution in [0.1, 0.15) is 27.9 Å². The molecule has 3 aromatic carbocycles. The van der Waals surface area contributed by atoms with E-state index in [0.717, 1.165) is 0 Å². The molecule has 0 radical (unpaired) electrons. The highest BCUT2D eigenvalue weighted by atomic mass is 35.5. The molecule has 0 aliphatic heterocycles. The molecule has 0 saturated carbocycles. The monoisotopic (exact) mass is 412 g/mol. The van der Waals surface area contributed by atoms with Crippen molar-refractivity contribution >= 4 is 17.4 Å². The topological polar surface area (TPSA) is 17.1 Å². The van der Waals surface area contributed by atoms with E-state index in [-0.39, 0.29) is 11.1 Å². The molecule has 0 spiro atoms. The Morgan fingerprint density at radius 1 is 0.828 bits per heavy atom. The number of hydrogen-bond donors (Lipinski definition) is 0. The van der Waals surface area contributed by atoms with Gasteiger partial charge < -0.3 is 0 Å². The first-order valence-corrected chi connectivity index (χ1v) is 9.19. The van der Waals surface area contributed by atoms with Crippen LogP contribution in [-0.2, 0) is 5.41 Å². The van der Waals surface area contributed by atoms with Gasteiger partial charge in [-0.2, -0.15) is 13.2 Å². The fraction of sp³-hybridized carbons (Fsp3) is 0.125. The third kappa shape index (κ3) is 4.70. The minimum absolute atomic E-state index is 0.0711. The molecule has 0 heterocycles. The van der Waals surface area contributed by atoms with Gasteiger partial charge in [0.05, 0.1) is 0 Å². The maximum atomic E-state index is 14.4. The zero-order valence-corrected chi connectivity index (χ0v) is 16.0. The highest BCUT2D eigenvalue weighted by molar-refractivity contribution is 6.30. The van der Waals surface area contributed by atoms with E-state index in [0.29, 0.717) is 10.6 Å². The summed E-state index contributed by atoms with van der Waals surface area (Å²) in [5.41, 5.74) is -2.12. The largest absolute Gasteiger partial charge is 0.409 e. The van der Waals surface area contributed by atoms with E-state index in [1.54, 1.807) is 36.4 Å². The lowest BCUT2D eigenvalue weighted by molar-refractivity contribution is -0.172. The van der Waals surface area contributed by atoms with Crippen molar-refractivity contribution in [3.8, 4) is 11.8 Å². The van der Waals surface area contributed by atoms with Crippen LogP contribution in [-0.4, -0.2) is 12.0 Å². The fourth-order valence-electron chi connectivity index (χ4n) is 2.95. The first-order chi connectivity index (χ1) is 13.8. The Labute approximate surface area is 172 Å². The van der Waals surface area contributed by atoms with Gasteiger partial charge in [0.15, 0.2) is 11.2 Å². The van der Waals surface area contributed by atoms with E-state index in [2.05, 4.69) is 11.8 Å². The van der Waals surface area contributed by atoms with Gasteiger partial charge >= 0.3 is 6.18 Å². The molecular weight excluding hydrogens is 397 g/mol. The maximum Gasteiger partial charge on any atom is 0.409 e. The lowest BCUT2D eigenvalue weighted by Crippen LogP contribution is -2.43. The average molecular weight is 413 g/mol. The second-order valence-electron chi connectivity index (χ2n) is 6.49. The third-order valence-corrected chi connectivity index (χ3v) is 4.79. The minimum Gasteiger partial charge on any atom is -0.294 e. The van der Waals surface area contributed by atoms with Crippen LogP contribution in [0.15, 0.2) is 84.9 Å². The second-order valence-corrected chi connectivity index (χ2v) is 6.93. The Bertz CT molecular complexity index is 1030. The van der Waals surface area contributed by atoms with E-state index >= 15 is 0 Å². The van der Waals surface area contributed by atoms with E-state index in [9.17, 15) is 18.0 Å². The number of ketones is 1. The summed E-state index contributed by atoms with van der Waals surface area (Å²) in [4.78, 5) is 12.8. The van der Waals surface area contributed by atoms with Gasteiger partial charge in [0.2, 0.25) is 0 Å². The molecule has 29 heavy (non-hydrogen) atoms. The highest BCUT2D eigenvalue weighted by Crippen LogP contribution is 2.44. The van der Waals surface area contributed by atoms with E-state index in [1.807, 2.05) is 0 Å². The minimum atomic E-state index is -4.77. The molecule has 1 nitrogen and oxygen atoms in total. The van der Waals surface area contributed by atoms with Crippen molar-refractivity contribution < 1.29 is 18.0 Å². The molecule has 0 bridgehead atoms. The van der Waals surface area contributed by atoms with Crippen LogP contribution >= 0.6 is 11.6 Å². The van der Waals surface area contributed by atoms with Crippen molar-refractivity contribution in [3.05, 3.63) is 107 Å². The van der Waals surface area contributed by atoms with Gasteiger partial charge in [-0.3, -0.25) is 4.79 Å². The summed E-state index contributed by atoms with van der Waals surface area (Å²) in [6.45, 7) is 0. The van der Waals surface area contributed by atoms with Crippen LogP contribution in [0.3, 0.4) is 0 Å². The molecule has 3 aromatic rings. The van der Waals surface area contributed by atoms with Crippen molar-refractivity contribution in [1.82, 2.24) is 0 Å². The number of Topliss-reactive ketones (excluding diaryl/α,β-unsaturated/α-hetero) is 1. The molecule has 1 atom stereocenters. The summed E-state index contributed by atoms with van der Waals surface area (Å²) in [5, 5.41) is 0.399. The summed E-state index contributed by atoms with van der Waals surface area (Å²) in [6, 6.07) is 21.5. The molecule has 1 unspecified atom stereocenters. The molecule has 0 aromatic heterocycles. The first-order valence-electron chi connectivity index (χ1n) is 8.81. The molecule has 0 aliphatic carbocycles. The number of carbonyl (C=O) groups is 1. The standard InChI is InChI=1S/C24H16ClF3O/c25-21-13-11-19(12-14-21)22(29)17-23(24(26,27)28,20-9-5-2-6-10-20)16-15-18-7-3-1-4-8-18/h1-14H,17H2. The van der Waals surface area contributed by atoms with Gasteiger partial charge in [-0.15, -0.1) is 0 Å². The number of rotatable bonds is 4.